The van der Waals surface area contributed by atoms with Gasteiger partial charge in [0.05, 0.1) is 11.1 Å². The molecule has 0 bridgehead atoms. The molecule has 2 N–H and O–H groups in total. The zero-order valence-electron chi connectivity index (χ0n) is 12.6. The number of hydrogen-bond donors (Lipinski definition) is 2. The van der Waals surface area contributed by atoms with E-state index in [-0.39, 0.29) is 17.9 Å². The van der Waals surface area contributed by atoms with E-state index in [2.05, 4.69) is 24.1 Å². The van der Waals surface area contributed by atoms with Gasteiger partial charge in [0.25, 0.3) is 5.91 Å². The second kappa shape index (κ2) is 6.68. The summed E-state index contributed by atoms with van der Waals surface area (Å²) >= 11 is 0. The summed E-state index contributed by atoms with van der Waals surface area (Å²) in [6.45, 7) is 4.95. The van der Waals surface area contributed by atoms with E-state index in [1.54, 1.807) is 12.3 Å². The van der Waals surface area contributed by atoms with Crippen LogP contribution in [-0.4, -0.2) is 29.1 Å². The minimum Gasteiger partial charge on any atom is -0.396 e. The van der Waals surface area contributed by atoms with Gasteiger partial charge in [0, 0.05) is 24.7 Å². The van der Waals surface area contributed by atoms with Crippen LogP contribution >= 0.6 is 0 Å². The van der Waals surface area contributed by atoms with Crippen LogP contribution in [0.15, 0.2) is 36.5 Å². The maximum Gasteiger partial charge on any atom is 0.252 e. The molecule has 1 heterocycles. The van der Waals surface area contributed by atoms with Crippen molar-refractivity contribution >= 4 is 16.8 Å². The number of rotatable bonds is 6. The van der Waals surface area contributed by atoms with Gasteiger partial charge < -0.3 is 10.4 Å². The number of amides is 1. The number of aromatic nitrogens is 1. The second-order valence-electron chi connectivity index (χ2n) is 6.05. The zero-order chi connectivity index (χ0) is 15.3. The Kier molecular flexibility index (Phi) is 4.91. The van der Waals surface area contributed by atoms with Crippen molar-refractivity contribution in [3.63, 3.8) is 0 Å². The van der Waals surface area contributed by atoms with Crippen LogP contribution in [0.4, 0.5) is 0 Å². The van der Waals surface area contributed by atoms with Gasteiger partial charge in [-0.05, 0) is 30.4 Å². The summed E-state index contributed by atoms with van der Waals surface area (Å²) in [7, 11) is 0. The highest BCUT2D eigenvalue weighted by atomic mass is 16.2. The third-order valence-electron chi connectivity index (χ3n) is 3.63. The van der Waals surface area contributed by atoms with Gasteiger partial charge in [-0.2, -0.15) is 0 Å². The number of para-hydroxylation sites is 1. The number of pyridine rings is 1. The van der Waals surface area contributed by atoms with Crippen molar-refractivity contribution in [2.45, 2.75) is 26.7 Å². The molecule has 4 nitrogen and oxygen atoms in total. The van der Waals surface area contributed by atoms with E-state index in [0.29, 0.717) is 12.1 Å². The van der Waals surface area contributed by atoms with E-state index in [1.807, 2.05) is 24.3 Å². The third-order valence-corrected chi connectivity index (χ3v) is 3.63. The molecule has 1 amide bonds. The summed E-state index contributed by atoms with van der Waals surface area (Å²) in [6, 6.07) is 9.38. The van der Waals surface area contributed by atoms with Crippen LogP contribution in [0.25, 0.3) is 10.9 Å². The summed E-state index contributed by atoms with van der Waals surface area (Å²) in [6.07, 6.45) is 3.29. The summed E-state index contributed by atoms with van der Waals surface area (Å²) in [5.41, 5.74) is 1.45. The van der Waals surface area contributed by atoms with Gasteiger partial charge >= 0.3 is 0 Å². The van der Waals surface area contributed by atoms with E-state index < -0.39 is 0 Å². The molecule has 112 valence electrons. The van der Waals surface area contributed by atoms with Crippen LogP contribution in [0.1, 0.15) is 37.0 Å². The molecule has 0 aliphatic carbocycles. The zero-order valence-corrected chi connectivity index (χ0v) is 12.6. The SMILES string of the molecule is CC(C)(CCCO)CNC(=O)c1ccnc2ccccc12. The number of hydrogen-bond acceptors (Lipinski definition) is 3. The van der Waals surface area contributed by atoms with Crippen LogP contribution in [0.3, 0.4) is 0 Å². The topological polar surface area (TPSA) is 62.2 Å². The molecule has 0 radical (unpaired) electrons. The smallest absolute Gasteiger partial charge is 0.252 e. The first-order chi connectivity index (χ1) is 10.0. The van der Waals surface area contributed by atoms with Crippen LogP contribution in [0.2, 0.25) is 0 Å². The predicted molar refractivity (Wildman–Crippen MR) is 84.2 cm³/mol. The predicted octanol–water partition coefficient (Wildman–Crippen LogP) is 2.76. The molecular weight excluding hydrogens is 264 g/mol. The Labute approximate surface area is 125 Å². The highest BCUT2D eigenvalue weighted by Gasteiger charge is 2.19. The van der Waals surface area contributed by atoms with E-state index in [1.165, 1.54) is 0 Å². The number of nitrogens with zero attached hydrogens (tertiary/aromatic N) is 1. The third kappa shape index (κ3) is 4.02. The molecular formula is C17H22N2O2. The molecule has 0 unspecified atom stereocenters. The van der Waals surface area contributed by atoms with Crippen molar-refractivity contribution in [3.05, 3.63) is 42.1 Å². The Hall–Kier alpha value is -1.94. The highest BCUT2D eigenvalue weighted by Crippen LogP contribution is 2.21. The molecule has 4 heteroatoms. The fourth-order valence-corrected chi connectivity index (χ4v) is 2.35. The molecule has 0 spiro atoms. The maximum absolute atomic E-state index is 12.4. The Bertz CT molecular complexity index is 618. The molecule has 2 aromatic rings. The van der Waals surface area contributed by atoms with Crippen molar-refractivity contribution in [1.29, 1.82) is 0 Å². The fraction of sp³-hybridized carbons (Fsp3) is 0.412. The molecule has 1 aromatic carbocycles. The number of benzene rings is 1. The van der Waals surface area contributed by atoms with Gasteiger partial charge in [-0.3, -0.25) is 9.78 Å². The number of aliphatic hydroxyl groups is 1. The van der Waals surface area contributed by atoms with E-state index >= 15 is 0 Å². The Morgan fingerprint density at radius 1 is 1.29 bits per heavy atom. The summed E-state index contributed by atoms with van der Waals surface area (Å²) in [5.74, 6) is -0.0781. The van der Waals surface area contributed by atoms with Crippen molar-refractivity contribution in [2.75, 3.05) is 13.2 Å². The van der Waals surface area contributed by atoms with Crippen LogP contribution in [0.5, 0.6) is 0 Å². The first kappa shape index (κ1) is 15.4. The van der Waals surface area contributed by atoms with Crippen molar-refractivity contribution in [1.82, 2.24) is 10.3 Å². The van der Waals surface area contributed by atoms with Gasteiger partial charge in [-0.15, -0.1) is 0 Å². The van der Waals surface area contributed by atoms with Crippen molar-refractivity contribution < 1.29 is 9.90 Å². The maximum atomic E-state index is 12.4. The minimum absolute atomic E-state index is 0.0266. The molecule has 0 fully saturated rings. The lowest BCUT2D eigenvalue weighted by atomic mass is 9.88. The van der Waals surface area contributed by atoms with Gasteiger partial charge in [0.1, 0.15) is 0 Å². The standard InChI is InChI=1S/C17H22N2O2/c1-17(2,9-5-11-20)12-19-16(21)14-8-10-18-15-7-4-3-6-13(14)15/h3-4,6-8,10,20H,5,9,11-12H2,1-2H3,(H,19,21). The molecule has 1 aromatic heterocycles. The Balaban J connectivity index is 2.09. The summed E-state index contributed by atoms with van der Waals surface area (Å²) in [5, 5.41) is 12.8. The second-order valence-corrected chi connectivity index (χ2v) is 6.05. The highest BCUT2D eigenvalue weighted by molar-refractivity contribution is 6.05. The van der Waals surface area contributed by atoms with Gasteiger partial charge in [0.2, 0.25) is 0 Å². The molecule has 0 saturated heterocycles. The van der Waals surface area contributed by atoms with E-state index in [4.69, 9.17) is 5.11 Å². The first-order valence-corrected chi connectivity index (χ1v) is 7.26. The van der Waals surface area contributed by atoms with Gasteiger partial charge in [0.15, 0.2) is 0 Å². The van der Waals surface area contributed by atoms with Crippen molar-refractivity contribution in [2.24, 2.45) is 5.41 Å². The van der Waals surface area contributed by atoms with Crippen LogP contribution in [0, 0.1) is 5.41 Å². The van der Waals surface area contributed by atoms with Crippen LogP contribution < -0.4 is 5.32 Å². The average Bonchev–Trinajstić information content (AvgIpc) is 2.50. The quantitative estimate of drug-likeness (QED) is 0.858. The van der Waals surface area contributed by atoms with Gasteiger partial charge in [-0.1, -0.05) is 32.0 Å². The molecule has 0 aliphatic heterocycles. The van der Waals surface area contributed by atoms with Crippen molar-refractivity contribution in [3.8, 4) is 0 Å². The lowest BCUT2D eigenvalue weighted by Crippen LogP contribution is -2.34. The Morgan fingerprint density at radius 3 is 2.81 bits per heavy atom. The normalized spacial score (nSPS) is 11.6. The molecule has 0 saturated carbocycles. The van der Waals surface area contributed by atoms with Crippen LogP contribution in [-0.2, 0) is 0 Å². The lowest BCUT2D eigenvalue weighted by molar-refractivity contribution is 0.0934. The van der Waals surface area contributed by atoms with Gasteiger partial charge in [-0.25, -0.2) is 0 Å². The number of fused-ring (bicyclic) bond motifs is 1. The monoisotopic (exact) mass is 286 g/mol. The number of carbonyl (C=O) groups is 1. The molecule has 2 rings (SSSR count). The minimum atomic E-state index is -0.0781. The largest absolute Gasteiger partial charge is 0.396 e. The first-order valence-electron chi connectivity index (χ1n) is 7.26. The molecule has 0 atom stereocenters. The molecule has 21 heavy (non-hydrogen) atoms. The number of aliphatic hydroxyl groups excluding tert-OH is 1. The number of nitrogens with one attached hydrogen (secondary N) is 1. The molecule has 0 aliphatic rings. The summed E-state index contributed by atoms with van der Waals surface area (Å²) in [4.78, 5) is 16.7. The number of carbonyl (C=O) groups excluding carboxylic acids is 1. The average molecular weight is 286 g/mol. The summed E-state index contributed by atoms with van der Waals surface area (Å²) < 4.78 is 0. The lowest BCUT2D eigenvalue weighted by Gasteiger charge is -2.24. The van der Waals surface area contributed by atoms with E-state index in [0.717, 1.165) is 23.7 Å². The fourth-order valence-electron chi connectivity index (χ4n) is 2.35. The Morgan fingerprint density at radius 2 is 2.05 bits per heavy atom. The van der Waals surface area contributed by atoms with E-state index in [9.17, 15) is 4.79 Å².